The van der Waals surface area contributed by atoms with Gasteiger partial charge in [0.2, 0.25) is 0 Å². The first-order valence-electron chi connectivity index (χ1n) is 44.9. The molecule has 5 nitrogen and oxygen atoms in total. The molecule has 5 heteroatoms. The van der Waals surface area contributed by atoms with Crippen LogP contribution in [0.15, 0.2) is 485 Å². The molecule has 25 rings (SSSR count). The molecule has 0 aliphatic carbocycles. The van der Waals surface area contributed by atoms with E-state index in [-0.39, 0.29) is 0 Å². The smallest absolute Gasteiger partial charge is 0.0619 e. The zero-order valence-corrected chi connectivity index (χ0v) is 73.4. The first-order chi connectivity index (χ1) is 64.2. The molecule has 0 N–H and O–H groups in total. The summed E-state index contributed by atoms with van der Waals surface area (Å²) < 4.78 is 11.9. The van der Waals surface area contributed by atoms with Gasteiger partial charge in [0, 0.05) is 99.0 Å². The number of nitrogens with zero attached hydrogens (tertiary/aromatic N) is 5. The van der Waals surface area contributed by atoms with Gasteiger partial charge >= 0.3 is 0 Å². The molecule has 0 saturated carbocycles. The summed E-state index contributed by atoms with van der Waals surface area (Å²) in [7, 11) is 0. The van der Waals surface area contributed by atoms with E-state index in [4.69, 9.17) is 0 Å². The van der Waals surface area contributed by atoms with Crippen molar-refractivity contribution >= 4 is 109 Å². The summed E-state index contributed by atoms with van der Waals surface area (Å²) in [4.78, 5) is 0. The summed E-state index contributed by atoms with van der Waals surface area (Å²) in [6, 6.07) is 173. The Hall–Kier alpha value is -16.6. The molecule has 0 amide bonds. The topological polar surface area (TPSA) is 24.6 Å². The van der Waals surface area contributed by atoms with Crippen molar-refractivity contribution in [2.24, 2.45) is 0 Å². The Kier molecular flexibility index (Phi) is 21.9. The summed E-state index contributed by atoms with van der Waals surface area (Å²) in [6.45, 7) is 10.8. The van der Waals surface area contributed by atoms with Crippen molar-refractivity contribution in [3.63, 3.8) is 0 Å². The minimum absolute atomic E-state index is 1.19. The lowest BCUT2D eigenvalue weighted by Crippen LogP contribution is -1.95. The van der Waals surface area contributed by atoms with Gasteiger partial charge in [0.1, 0.15) is 0 Å². The summed E-state index contributed by atoms with van der Waals surface area (Å²) in [5.74, 6) is 0. The second-order valence-electron chi connectivity index (χ2n) is 33.7. The molecule has 0 unspecified atom stereocenters. The molecule has 620 valence electrons. The van der Waals surface area contributed by atoms with E-state index in [2.05, 4.69) is 543 Å². The standard InChI is InChI=1S/5C25H19N/c1-18-9-7-10-19(17-18)21-14-8-15-23-22-13-5-6-16-24(22)26(25(21)23)20-11-3-2-4-12-20;1-18-9-7-10-19(17-18)21-14-8-16-24-25(21)22-13-5-6-15-23(22)26(24)20-11-3-2-4-12-20;1-18-10-5-6-13-20(18)22-15-9-16-23-21-14-7-8-17-24(21)26(25(22)23)19-11-3-2-4-12-19;1-18-10-5-6-13-20(18)21-15-9-17-24-25(21)22-14-7-8-16-23(22)26(24)19-11-3-2-4-12-19;1-18-14-16-19(17-15-18)21-11-7-12-23-22-10-5-6-13-24(22)26(25(21)23)20-8-3-2-4-9-20/h5*2-17H,1H3. The van der Waals surface area contributed by atoms with Gasteiger partial charge in [0.25, 0.3) is 0 Å². The maximum atomic E-state index is 2.40. The molecule has 0 saturated heterocycles. The molecule has 0 aliphatic rings. The van der Waals surface area contributed by atoms with E-state index in [9.17, 15) is 0 Å². The molecule has 5 heterocycles. The zero-order valence-electron chi connectivity index (χ0n) is 73.4. The van der Waals surface area contributed by atoms with E-state index in [0.717, 1.165) is 0 Å². The van der Waals surface area contributed by atoms with Crippen molar-refractivity contribution in [3.8, 4) is 84.1 Å². The number of benzene rings is 20. The Morgan fingerprint density at radius 3 is 0.785 bits per heavy atom. The molecule has 25 aromatic rings. The second kappa shape index (κ2) is 35.4. The molecule has 5 aromatic heterocycles. The highest BCUT2D eigenvalue weighted by Crippen LogP contribution is 2.46. The predicted octanol–water partition coefficient (Wildman–Crippen LogP) is 33.8. The monoisotopic (exact) mass is 1670 g/mol. The Bertz CT molecular complexity index is 8420. The van der Waals surface area contributed by atoms with Crippen LogP contribution in [0.1, 0.15) is 27.8 Å². The molecular formula is C125H95N5. The molecule has 0 radical (unpaired) electrons. The lowest BCUT2D eigenvalue weighted by atomic mass is 9.96. The average Bonchev–Trinajstić information content (AvgIpc) is 1.60. The number of hydrogen-bond donors (Lipinski definition) is 0. The normalized spacial score (nSPS) is 11.3. The Morgan fingerprint density at radius 1 is 0.138 bits per heavy atom. The van der Waals surface area contributed by atoms with E-state index in [0.29, 0.717) is 0 Å². The van der Waals surface area contributed by atoms with E-state index in [1.54, 1.807) is 0 Å². The number of aromatic nitrogens is 5. The van der Waals surface area contributed by atoms with Crippen LogP contribution in [0.4, 0.5) is 0 Å². The van der Waals surface area contributed by atoms with Crippen molar-refractivity contribution in [1.29, 1.82) is 0 Å². The number of hydrogen-bond acceptors (Lipinski definition) is 0. The van der Waals surface area contributed by atoms with Gasteiger partial charge in [-0.05, 0) is 188 Å². The van der Waals surface area contributed by atoms with Crippen LogP contribution < -0.4 is 0 Å². The van der Waals surface area contributed by atoms with Gasteiger partial charge in [0.15, 0.2) is 0 Å². The molecular weight excluding hydrogens is 1570 g/mol. The SMILES string of the molecule is Cc1ccc(-c2cccc3c4ccccc4n(-c4ccccc4)c23)cc1.Cc1cccc(-c2cccc3c2c2ccccc2n3-c2ccccc2)c1.Cc1cccc(-c2cccc3c4ccccc4n(-c4ccccc4)c23)c1.Cc1ccccc1-c1cccc2c1c1ccccc1n2-c1ccccc1.Cc1ccccc1-c1cccc2c3ccccc3n(-c3ccccc3)c12. The highest BCUT2D eigenvalue weighted by molar-refractivity contribution is 6.19. The Balaban J connectivity index is 0.0000000983. The summed E-state index contributed by atoms with van der Waals surface area (Å²) >= 11 is 0. The van der Waals surface area contributed by atoms with Gasteiger partial charge < -0.3 is 22.8 Å². The summed E-state index contributed by atoms with van der Waals surface area (Å²) in [5, 5.41) is 13.0. The molecule has 0 spiro atoms. The van der Waals surface area contributed by atoms with Crippen molar-refractivity contribution in [3.05, 3.63) is 513 Å². The predicted molar refractivity (Wildman–Crippen MR) is 555 cm³/mol. The van der Waals surface area contributed by atoms with Crippen LogP contribution in [-0.4, -0.2) is 22.8 Å². The maximum absolute atomic E-state index is 2.40. The largest absolute Gasteiger partial charge is 0.309 e. The molecule has 130 heavy (non-hydrogen) atoms. The van der Waals surface area contributed by atoms with Crippen LogP contribution in [0.3, 0.4) is 0 Å². The second-order valence-corrected chi connectivity index (χ2v) is 33.7. The number of rotatable bonds is 10. The fourth-order valence-corrected chi connectivity index (χ4v) is 19.6. The van der Waals surface area contributed by atoms with E-state index < -0.39 is 0 Å². The highest BCUT2D eigenvalue weighted by Gasteiger charge is 2.23. The fourth-order valence-electron chi connectivity index (χ4n) is 19.6. The maximum Gasteiger partial charge on any atom is 0.0619 e. The molecule has 20 aromatic carbocycles. The highest BCUT2D eigenvalue weighted by atomic mass is 15.0. The third-order valence-corrected chi connectivity index (χ3v) is 25.4. The van der Waals surface area contributed by atoms with Crippen LogP contribution in [0, 0.1) is 34.6 Å². The van der Waals surface area contributed by atoms with Gasteiger partial charge in [-0.3, -0.25) is 0 Å². The first kappa shape index (κ1) is 80.5. The summed E-state index contributed by atoms with van der Waals surface area (Å²) in [5.41, 5.74) is 37.7. The van der Waals surface area contributed by atoms with E-state index >= 15 is 0 Å². The van der Waals surface area contributed by atoms with Crippen LogP contribution >= 0.6 is 0 Å². The van der Waals surface area contributed by atoms with Gasteiger partial charge in [-0.2, -0.15) is 0 Å². The van der Waals surface area contributed by atoms with Gasteiger partial charge in [0.05, 0.1) is 55.2 Å². The zero-order chi connectivity index (χ0) is 87.5. The Morgan fingerprint density at radius 2 is 0.392 bits per heavy atom. The van der Waals surface area contributed by atoms with Gasteiger partial charge in [-0.1, -0.05) is 399 Å². The van der Waals surface area contributed by atoms with Crippen LogP contribution in [0.2, 0.25) is 0 Å². The number of para-hydroxylation sites is 13. The fraction of sp³-hybridized carbons (Fsp3) is 0.0400. The third kappa shape index (κ3) is 15.0. The molecule has 0 aliphatic heterocycles. The average molecular weight is 1670 g/mol. The van der Waals surface area contributed by atoms with Crippen molar-refractivity contribution < 1.29 is 0 Å². The molecule has 0 fully saturated rings. The van der Waals surface area contributed by atoms with Crippen LogP contribution in [0.5, 0.6) is 0 Å². The quantitative estimate of drug-likeness (QED) is 0.130. The van der Waals surface area contributed by atoms with E-state index in [1.165, 1.54) is 221 Å². The summed E-state index contributed by atoms with van der Waals surface area (Å²) in [6.07, 6.45) is 0. The lowest BCUT2D eigenvalue weighted by Gasteiger charge is -2.13. The van der Waals surface area contributed by atoms with Crippen LogP contribution in [0.25, 0.3) is 193 Å². The third-order valence-electron chi connectivity index (χ3n) is 25.4. The first-order valence-corrected chi connectivity index (χ1v) is 44.9. The number of fused-ring (bicyclic) bond motifs is 15. The molecule has 0 bridgehead atoms. The number of aryl methyl sites for hydroxylation is 5. The van der Waals surface area contributed by atoms with Crippen molar-refractivity contribution in [2.45, 2.75) is 34.6 Å². The van der Waals surface area contributed by atoms with E-state index in [1.807, 2.05) is 0 Å². The lowest BCUT2D eigenvalue weighted by molar-refractivity contribution is 1.18. The Labute approximate surface area is 758 Å². The minimum atomic E-state index is 1.19. The van der Waals surface area contributed by atoms with Gasteiger partial charge in [-0.25, -0.2) is 0 Å². The van der Waals surface area contributed by atoms with Gasteiger partial charge in [-0.15, -0.1) is 0 Å². The van der Waals surface area contributed by atoms with Crippen LogP contribution in [-0.2, 0) is 0 Å². The van der Waals surface area contributed by atoms with Crippen molar-refractivity contribution in [1.82, 2.24) is 22.8 Å². The van der Waals surface area contributed by atoms with Crippen molar-refractivity contribution in [2.75, 3.05) is 0 Å². The molecule has 0 atom stereocenters. The minimum Gasteiger partial charge on any atom is -0.309 e.